The Bertz CT molecular complexity index is 597. The fourth-order valence-electron chi connectivity index (χ4n) is 2.58. The van der Waals surface area contributed by atoms with E-state index < -0.39 is 30.9 Å². The molecule has 1 fully saturated rings. The minimum Gasteiger partial charge on any atom is -0.494 e. The van der Waals surface area contributed by atoms with E-state index >= 15 is 0 Å². The molecule has 0 amide bonds. The van der Waals surface area contributed by atoms with E-state index in [0.717, 1.165) is 5.56 Å². The highest BCUT2D eigenvalue weighted by Gasteiger charge is 2.56. The predicted octanol–water partition coefficient (Wildman–Crippen LogP) is 4.00. The smallest absolute Gasteiger partial charge is 0.453 e. The molecule has 1 aliphatic rings. The van der Waals surface area contributed by atoms with Crippen LogP contribution >= 0.6 is 0 Å². The number of aliphatic carboxylic acids is 1. The number of nitrogens with one attached hydrogen (secondary N) is 1. The normalized spacial score (nSPS) is 20.5. The molecule has 146 valence electrons. The fourth-order valence-corrected chi connectivity index (χ4v) is 2.58. The van der Waals surface area contributed by atoms with Crippen molar-refractivity contribution < 1.29 is 36.6 Å². The van der Waals surface area contributed by atoms with Crippen molar-refractivity contribution in [1.29, 1.82) is 0 Å². The van der Waals surface area contributed by atoms with Crippen LogP contribution in [0.15, 0.2) is 24.3 Å². The van der Waals surface area contributed by atoms with E-state index in [9.17, 15) is 26.7 Å². The lowest BCUT2D eigenvalue weighted by molar-refractivity contribution is -0.284. The van der Waals surface area contributed by atoms with Gasteiger partial charge >= 0.3 is 18.1 Å². The highest BCUT2D eigenvalue weighted by atomic mass is 19.4. The molecule has 0 aromatic heterocycles. The van der Waals surface area contributed by atoms with E-state index in [2.05, 4.69) is 5.32 Å². The Morgan fingerprint density at radius 2 is 1.77 bits per heavy atom. The summed E-state index contributed by atoms with van der Waals surface area (Å²) in [4.78, 5) is 10.7. The summed E-state index contributed by atoms with van der Waals surface area (Å²) in [7, 11) is 0. The molecule has 1 aromatic carbocycles. The van der Waals surface area contributed by atoms with Crippen molar-refractivity contribution in [3.8, 4) is 5.75 Å². The van der Waals surface area contributed by atoms with Crippen molar-refractivity contribution in [1.82, 2.24) is 5.32 Å². The number of benzene rings is 1. The zero-order valence-corrected chi connectivity index (χ0v) is 13.9. The van der Waals surface area contributed by atoms with Crippen LogP contribution in [0, 0.1) is 5.92 Å². The molecule has 0 aliphatic heterocycles. The molecule has 1 aliphatic carbocycles. The van der Waals surface area contributed by atoms with Gasteiger partial charge in [0.15, 0.2) is 0 Å². The third kappa shape index (κ3) is 5.55. The van der Waals surface area contributed by atoms with Gasteiger partial charge in [-0.3, -0.25) is 4.79 Å². The summed E-state index contributed by atoms with van der Waals surface area (Å²) in [6.07, 6.45) is -6.07. The molecule has 0 heterocycles. The van der Waals surface area contributed by atoms with Gasteiger partial charge in [0.05, 0.1) is 12.5 Å². The number of carbonyl (C=O) groups is 1. The quantitative estimate of drug-likeness (QED) is 0.502. The summed E-state index contributed by atoms with van der Waals surface area (Å²) in [6, 6.07) is 6.89. The van der Waals surface area contributed by atoms with Gasteiger partial charge in [0.2, 0.25) is 0 Å². The largest absolute Gasteiger partial charge is 0.494 e. The average molecular weight is 381 g/mol. The Balaban J connectivity index is 1.66. The van der Waals surface area contributed by atoms with Crippen LogP contribution in [-0.2, 0) is 11.3 Å². The van der Waals surface area contributed by atoms with Crippen molar-refractivity contribution in [3.05, 3.63) is 29.8 Å². The third-order valence-corrected chi connectivity index (χ3v) is 4.32. The number of carboxylic acids is 1. The molecule has 26 heavy (non-hydrogen) atoms. The molecule has 2 N–H and O–H groups in total. The summed E-state index contributed by atoms with van der Waals surface area (Å²) in [5.74, 6) is -5.38. The van der Waals surface area contributed by atoms with Crippen LogP contribution in [0.25, 0.3) is 0 Å². The molecule has 0 saturated heterocycles. The first-order valence-electron chi connectivity index (χ1n) is 8.21. The molecule has 0 radical (unpaired) electrons. The number of alkyl halides is 5. The number of halogens is 5. The molecule has 9 heteroatoms. The minimum absolute atomic E-state index is 0.169. The molecule has 0 bridgehead atoms. The molecular weight excluding hydrogens is 361 g/mol. The zero-order chi connectivity index (χ0) is 19.4. The summed E-state index contributed by atoms with van der Waals surface area (Å²) in [5.41, 5.74) is 0.930. The predicted molar refractivity (Wildman–Crippen MR) is 83.2 cm³/mol. The Labute approximate surface area is 147 Å². The molecule has 0 spiro atoms. The Kier molecular flexibility index (Phi) is 6.44. The molecule has 4 nitrogen and oxygen atoms in total. The first kappa shape index (κ1) is 20.4. The van der Waals surface area contributed by atoms with Crippen molar-refractivity contribution in [2.75, 3.05) is 6.61 Å². The van der Waals surface area contributed by atoms with Gasteiger partial charge in [0.1, 0.15) is 5.75 Å². The van der Waals surface area contributed by atoms with Crippen molar-refractivity contribution in [3.63, 3.8) is 0 Å². The van der Waals surface area contributed by atoms with Crippen LogP contribution < -0.4 is 10.1 Å². The Morgan fingerprint density at radius 1 is 1.15 bits per heavy atom. The molecule has 0 unspecified atom stereocenters. The number of hydrogen-bond acceptors (Lipinski definition) is 3. The van der Waals surface area contributed by atoms with E-state index in [1.54, 1.807) is 24.3 Å². The maximum absolute atomic E-state index is 12.7. The van der Waals surface area contributed by atoms with Gasteiger partial charge < -0.3 is 15.2 Å². The van der Waals surface area contributed by atoms with Gasteiger partial charge in [-0.25, -0.2) is 0 Å². The van der Waals surface area contributed by atoms with E-state index in [1.807, 2.05) is 0 Å². The van der Waals surface area contributed by atoms with Gasteiger partial charge in [-0.05, 0) is 37.0 Å². The summed E-state index contributed by atoms with van der Waals surface area (Å²) in [6.45, 7) is 0.316. The zero-order valence-electron chi connectivity index (χ0n) is 13.9. The lowest BCUT2D eigenvalue weighted by Crippen LogP contribution is -2.43. The van der Waals surface area contributed by atoms with Gasteiger partial charge in [-0.1, -0.05) is 12.1 Å². The second-order valence-corrected chi connectivity index (χ2v) is 6.38. The first-order valence-corrected chi connectivity index (χ1v) is 8.21. The van der Waals surface area contributed by atoms with Gasteiger partial charge in [-0.2, -0.15) is 22.0 Å². The maximum Gasteiger partial charge on any atom is 0.453 e. The first-order chi connectivity index (χ1) is 12.1. The lowest BCUT2D eigenvalue weighted by atomic mass is 9.80. The minimum atomic E-state index is -5.54. The van der Waals surface area contributed by atoms with Crippen LogP contribution in [0.1, 0.15) is 31.2 Å². The van der Waals surface area contributed by atoms with E-state index in [-0.39, 0.29) is 18.6 Å². The number of hydrogen-bond donors (Lipinski definition) is 2. The SMILES string of the molecule is O=C(O)C1CC(NCc2ccc(OCCCC(F)(F)C(F)(F)F)cc2)C1. The number of rotatable bonds is 9. The topological polar surface area (TPSA) is 58.6 Å². The van der Waals surface area contributed by atoms with E-state index in [1.165, 1.54) is 0 Å². The van der Waals surface area contributed by atoms with Crippen molar-refractivity contribution in [2.24, 2.45) is 5.92 Å². The number of carboxylic acid groups (broad SMARTS) is 1. The van der Waals surface area contributed by atoms with E-state index in [4.69, 9.17) is 9.84 Å². The number of ether oxygens (including phenoxy) is 1. The standard InChI is InChI=1S/C17H20F5NO3/c18-16(19,17(20,21)22)6-1-7-26-14-4-2-11(3-5-14)10-23-13-8-12(9-13)15(24)25/h2-5,12-13,23H,1,6-10H2,(H,24,25). The Hall–Kier alpha value is -1.90. The maximum atomic E-state index is 12.7. The Morgan fingerprint density at radius 3 is 2.31 bits per heavy atom. The van der Waals surface area contributed by atoms with Crippen molar-refractivity contribution in [2.45, 2.75) is 50.4 Å². The van der Waals surface area contributed by atoms with Crippen molar-refractivity contribution >= 4 is 5.97 Å². The highest BCUT2D eigenvalue weighted by Crippen LogP contribution is 2.38. The van der Waals surface area contributed by atoms with Crippen LogP contribution in [0.4, 0.5) is 22.0 Å². The summed E-state index contributed by atoms with van der Waals surface area (Å²) in [5, 5.41) is 12.0. The fraction of sp³-hybridized carbons (Fsp3) is 0.588. The second-order valence-electron chi connectivity index (χ2n) is 6.38. The molecule has 1 saturated carbocycles. The molecule has 0 atom stereocenters. The molecule has 1 aromatic rings. The average Bonchev–Trinajstić information content (AvgIpc) is 2.50. The molecule has 2 rings (SSSR count). The molecular formula is C17H20F5NO3. The van der Waals surface area contributed by atoms with Crippen LogP contribution in [0.2, 0.25) is 0 Å². The monoisotopic (exact) mass is 381 g/mol. The summed E-state index contributed by atoms with van der Waals surface area (Å²) >= 11 is 0. The highest BCUT2D eigenvalue weighted by molar-refractivity contribution is 5.71. The third-order valence-electron chi connectivity index (χ3n) is 4.32. The van der Waals surface area contributed by atoms with Crippen LogP contribution in [0.5, 0.6) is 5.75 Å². The van der Waals surface area contributed by atoms with E-state index in [0.29, 0.717) is 25.1 Å². The second kappa shape index (κ2) is 8.20. The van der Waals surface area contributed by atoms with Gasteiger partial charge in [0, 0.05) is 19.0 Å². The van der Waals surface area contributed by atoms with Gasteiger partial charge in [-0.15, -0.1) is 0 Å². The summed E-state index contributed by atoms with van der Waals surface area (Å²) < 4.78 is 66.7. The van der Waals surface area contributed by atoms with Crippen LogP contribution in [-0.4, -0.2) is 35.8 Å². The van der Waals surface area contributed by atoms with Gasteiger partial charge in [0.25, 0.3) is 0 Å². The lowest BCUT2D eigenvalue weighted by Gasteiger charge is -2.33. The van der Waals surface area contributed by atoms with Crippen LogP contribution in [0.3, 0.4) is 0 Å².